The molecule has 1 aromatic carbocycles. The number of rotatable bonds is 3. The van der Waals surface area contributed by atoms with Gasteiger partial charge in [0.2, 0.25) is 21.8 Å². The topological polar surface area (TPSA) is 78.0 Å². The van der Waals surface area contributed by atoms with Gasteiger partial charge in [0.05, 0.1) is 9.89 Å². The van der Waals surface area contributed by atoms with E-state index >= 15 is 0 Å². The van der Waals surface area contributed by atoms with Crippen molar-refractivity contribution in [3.05, 3.63) is 28.2 Å². The van der Waals surface area contributed by atoms with Crippen molar-refractivity contribution in [2.24, 2.45) is 0 Å². The van der Waals surface area contributed by atoms with Gasteiger partial charge in [0, 0.05) is 43.4 Å². The summed E-state index contributed by atoms with van der Waals surface area (Å²) in [5.41, 5.74) is 0. The Morgan fingerprint density at radius 2 is 1.90 bits per heavy atom. The summed E-state index contributed by atoms with van der Waals surface area (Å²) in [6, 6.07) is 3.86. The average molecular weight is 478 g/mol. The van der Waals surface area contributed by atoms with Crippen LogP contribution < -0.4 is 0 Å². The Balaban J connectivity index is 1.45. The van der Waals surface area contributed by atoms with E-state index in [1.165, 1.54) is 22.5 Å². The van der Waals surface area contributed by atoms with Crippen LogP contribution in [0.5, 0.6) is 0 Å². The summed E-state index contributed by atoms with van der Waals surface area (Å²) >= 11 is 13.7. The number of hydrogen-bond donors (Lipinski definition) is 0. The standard InChI is InChI=1S/C18H21Cl2N3O4S2/c1-18-5-4-16(24)23(18)14(11-28-18)17(25)21-6-8-22(9-7-21)29(26,27)15-10-12(19)2-3-13(15)20/h2-3,10,14H,4-9,11H2,1H3/t14-,18+/m1/s1. The normalized spacial score (nSPS) is 28.1. The van der Waals surface area contributed by atoms with Crippen molar-refractivity contribution in [2.45, 2.75) is 35.6 Å². The van der Waals surface area contributed by atoms with Gasteiger partial charge in [-0.3, -0.25) is 9.59 Å². The van der Waals surface area contributed by atoms with Gasteiger partial charge in [-0.2, -0.15) is 4.31 Å². The number of benzene rings is 1. The third kappa shape index (κ3) is 3.65. The Bertz CT molecular complexity index is 966. The molecule has 0 bridgehead atoms. The van der Waals surface area contributed by atoms with Crippen LogP contribution in [-0.4, -0.2) is 77.2 Å². The van der Waals surface area contributed by atoms with Crippen LogP contribution in [0.1, 0.15) is 19.8 Å². The number of carbonyl (C=O) groups excluding carboxylic acids is 2. The van der Waals surface area contributed by atoms with E-state index < -0.39 is 16.1 Å². The largest absolute Gasteiger partial charge is 0.338 e. The van der Waals surface area contributed by atoms with Crippen molar-refractivity contribution in [3.8, 4) is 0 Å². The van der Waals surface area contributed by atoms with Gasteiger partial charge in [-0.1, -0.05) is 23.2 Å². The van der Waals surface area contributed by atoms with Crippen LogP contribution in [0, 0.1) is 0 Å². The Morgan fingerprint density at radius 3 is 2.59 bits per heavy atom. The third-order valence-electron chi connectivity index (χ3n) is 5.79. The van der Waals surface area contributed by atoms with Crippen LogP contribution in [0.15, 0.2) is 23.1 Å². The first-order chi connectivity index (χ1) is 13.6. The van der Waals surface area contributed by atoms with E-state index in [1.807, 2.05) is 6.92 Å². The first-order valence-electron chi connectivity index (χ1n) is 9.34. The van der Waals surface area contributed by atoms with E-state index in [0.717, 1.165) is 6.42 Å². The molecule has 0 aromatic heterocycles. The average Bonchev–Trinajstić information content (AvgIpc) is 3.19. The maximum absolute atomic E-state index is 13.1. The molecule has 2 atom stereocenters. The lowest BCUT2D eigenvalue weighted by Crippen LogP contribution is -2.56. The van der Waals surface area contributed by atoms with E-state index in [0.29, 0.717) is 17.2 Å². The van der Waals surface area contributed by atoms with E-state index in [2.05, 4.69) is 0 Å². The molecule has 29 heavy (non-hydrogen) atoms. The van der Waals surface area contributed by atoms with Crippen molar-refractivity contribution in [1.29, 1.82) is 0 Å². The summed E-state index contributed by atoms with van der Waals surface area (Å²) in [6.07, 6.45) is 1.23. The SMILES string of the molecule is C[C@]12CCC(=O)N1[C@@H](C(=O)N1CCN(S(=O)(=O)c3cc(Cl)ccc3Cl)CC1)CS2. The fourth-order valence-corrected chi connectivity index (χ4v) is 7.76. The number of fused-ring (bicyclic) bond motifs is 1. The highest BCUT2D eigenvalue weighted by atomic mass is 35.5. The van der Waals surface area contributed by atoms with E-state index in [-0.39, 0.29) is 52.8 Å². The minimum atomic E-state index is -3.81. The molecule has 11 heteroatoms. The van der Waals surface area contributed by atoms with Crippen LogP contribution >= 0.6 is 35.0 Å². The summed E-state index contributed by atoms with van der Waals surface area (Å²) in [6.45, 7) is 2.89. The second-order valence-electron chi connectivity index (χ2n) is 7.57. The van der Waals surface area contributed by atoms with Gasteiger partial charge in [0.1, 0.15) is 10.9 Å². The highest BCUT2D eigenvalue weighted by molar-refractivity contribution is 8.01. The molecule has 158 valence electrons. The van der Waals surface area contributed by atoms with E-state index in [4.69, 9.17) is 23.2 Å². The molecule has 3 aliphatic heterocycles. The van der Waals surface area contributed by atoms with Gasteiger partial charge in [-0.05, 0) is 31.5 Å². The number of carbonyl (C=O) groups is 2. The first-order valence-corrected chi connectivity index (χ1v) is 12.5. The number of thioether (sulfide) groups is 1. The lowest BCUT2D eigenvalue weighted by Gasteiger charge is -2.37. The highest BCUT2D eigenvalue weighted by Gasteiger charge is 2.53. The Labute approximate surface area is 184 Å². The zero-order valence-corrected chi connectivity index (χ0v) is 19.0. The molecule has 1 aromatic rings. The van der Waals surface area contributed by atoms with Crippen molar-refractivity contribution in [3.63, 3.8) is 0 Å². The van der Waals surface area contributed by atoms with Crippen LogP contribution in [0.2, 0.25) is 10.0 Å². The van der Waals surface area contributed by atoms with Crippen molar-refractivity contribution in [1.82, 2.24) is 14.1 Å². The summed E-state index contributed by atoms with van der Waals surface area (Å²) in [7, 11) is -3.81. The molecule has 4 rings (SSSR count). The van der Waals surface area contributed by atoms with Crippen LogP contribution in [0.25, 0.3) is 0 Å². The van der Waals surface area contributed by atoms with Gasteiger partial charge in [-0.25, -0.2) is 8.42 Å². The van der Waals surface area contributed by atoms with Gasteiger partial charge in [-0.15, -0.1) is 11.8 Å². The number of hydrogen-bond acceptors (Lipinski definition) is 5. The fraction of sp³-hybridized carbons (Fsp3) is 0.556. The highest BCUT2D eigenvalue weighted by Crippen LogP contribution is 2.47. The molecule has 0 aliphatic carbocycles. The minimum Gasteiger partial charge on any atom is -0.338 e. The summed E-state index contributed by atoms with van der Waals surface area (Å²) < 4.78 is 27.2. The fourth-order valence-electron chi connectivity index (χ4n) is 4.18. The summed E-state index contributed by atoms with van der Waals surface area (Å²) in [5.74, 6) is 0.500. The monoisotopic (exact) mass is 477 g/mol. The maximum atomic E-state index is 13.1. The molecule has 0 unspecified atom stereocenters. The zero-order valence-electron chi connectivity index (χ0n) is 15.8. The van der Waals surface area contributed by atoms with Crippen molar-refractivity contribution in [2.75, 3.05) is 31.9 Å². The van der Waals surface area contributed by atoms with Crippen LogP contribution in [0.3, 0.4) is 0 Å². The first kappa shape index (κ1) is 21.2. The van der Waals surface area contributed by atoms with Gasteiger partial charge >= 0.3 is 0 Å². The van der Waals surface area contributed by atoms with E-state index in [9.17, 15) is 18.0 Å². The lowest BCUT2D eigenvalue weighted by molar-refractivity contribution is -0.144. The summed E-state index contributed by atoms with van der Waals surface area (Å²) in [4.78, 5) is 28.4. The Hall–Kier alpha value is -1.000. The van der Waals surface area contributed by atoms with Crippen LogP contribution in [-0.2, 0) is 19.6 Å². The predicted octanol–water partition coefficient (Wildman–Crippen LogP) is 2.28. The lowest BCUT2D eigenvalue weighted by atomic mass is 10.2. The number of halogens is 2. The van der Waals surface area contributed by atoms with Gasteiger partial charge in [0.15, 0.2) is 0 Å². The number of nitrogens with zero attached hydrogens (tertiary/aromatic N) is 3. The molecule has 3 aliphatic rings. The number of sulfonamides is 1. The molecule has 0 saturated carbocycles. The molecule has 3 heterocycles. The third-order valence-corrected chi connectivity index (χ3v) is 9.91. The van der Waals surface area contributed by atoms with Gasteiger partial charge < -0.3 is 9.80 Å². The van der Waals surface area contributed by atoms with Gasteiger partial charge in [0.25, 0.3) is 0 Å². The number of piperazine rings is 1. The Morgan fingerprint density at radius 1 is 1.21 bits per heavy atom. The minimum absolute atomic E-state index is 0.0210. The molecule has 0 N–H and O–H groups in total. The quantitative estimate of drug-likeness (QED) is 0.666. The second kappa shape index (κ2) is 7.60. The molecule has 0 radical (unpaired) electrons. The van der Waals surface area contributed by atoms with Crippen molar-refractivity contribution >= 4 is 56.8 Å². The molecule has 3 saturated heterocycles. The molecule has 2 amide bonds. The zero-order chi connectivity index (χ0) is 21.0. The maximum Gasteiger partial charge on any atom is 0.246 e. The number of amides is 2. The molecule has 7 nitrogen and oxygen atoms in total. The molecule has 0 spiro atoms. The van der Waals surface area contributed by atoms with Crippen LogP contribution in [0.4, 0.5) is 0 Å². The molecular weight excluding hydrogens is 457 g/mol. The van der Waals surface area contributed by atoms with E-state index in [1.54, 1.807) is 21.6 Å². The Kier molecular flexibility index (Phi) is 5.57. The molecule has 3 fully saturated rings. The predicted molar refractivity (Wildman–Crippen MR) is 113 cm³/mol. The van der Waals surface area contributed by atoms with Crippen molar-refractivity contribution < 1.29 is 18.0 Å². The summed E-state index contributed by atoms with van der Waals surface area (Å²) in [5, 5.41) is 0.404. The molecular formula is C18H21Cl2N3O4S2. The second-order valence-corrected chi connectivity index (χ2v) is 11.8. The smallest absolute Gasteiger partial charge is 0.246 e.